The maximum atomic E-state index is 11.0. The molecule has 0 spiro atoms. The molecule has 1 heterocycles. The van der Waals surface area contributed by atoms with Crippen LogP contribution in [0.2, 0.25) is 0 Å². The molecule has 0 radical (unpaired) electrons. The second kappa shape index (κ2) is 5.05. The van der Waals surface area contributed by atoms with Gasteiger partial charge in [0.2, 0.25) is 0 Å². The molecule has 1 aromatic heterocycles. The minimum absolute atomic E-state index is 0.181. The van der Waals surface area contributed by atoms with Gasteiger partial charge in [-0.3, -0.25) is 4.79 Å². The molecule has 0 bridgehead atoms. The van der Waals surface area contributed by atoms with E-state index in [1.165, 1.54) is 7.11 Å². The van der Waals surface area contributed by atoms with E-state index in [1.54, 1.807) is 18.0 Å². The van der Waals surface area contributed by atoms with Crippen molar-refractivity contribution >= 4 is 17.7 Å². The largest absolute Gasteiger partial charge is 0.469 e. The lowest BCUT2D eigenvalue weighted by molar-refractivity contribution is -0.140. The van der Waals surface area contributed by atoms with E-state index in [2.05, 4.69) is 9.72 Å². The zero-order valence-electron chi connectivity index (χ0n) is 8.56. The fourth-order valence-corrected chi connectivity index (χ4v) is 1.93. The first-order chi connectivity index (χ1) is 6.63. The molecule has 0 aromatic carbocycles. The van der Waals surface area contributed by atoms with Crippen LogP contribution in [0.3, 0.4) is 0 Å². The van der Waals surface area contributed by atoms with Crippen LogP contribution in [0, 0.1) is 0 Å². The smallest absolute Gasteiger partial charge is 0.306 e. The summed E-state index contributed by atoms with van der Waals surface area (Å²) in [6.45, 7) is 1.98. The van der Waals surface area contributed by atoms with Crippen LogP contribution >= 0.6 is 11.8 Å². The lowest BCUT2D eigenvalue weighted by atomic mass is 10.3. The van der Waals surface area contributed by atoms with E-state index in [0.29, 0.717) is 6.42 Å². The van der Waals surface area contributed by atoms with Crippen LogP contribution in [0.1, 0.15) is 13.3 Å². The van der Waals surface area contributed by atoms with Gasteiger partial charge in [-0.1, -0.05) is 18.7 Å². The van der Waals surface area contributed by atoms with E-state index in [4.69, 9.17) is 0 Å². The van der Waals surface area contributed by atoms with E-state index in [-0.39, 0.29) is 11.2 Å². The molecular formula is C9H14N2O2S. The predicted octanol–water partition coefficient (Wildman–Crippen LogP) is 1.46. The molecule has 4 nitrogen and oxygen atoms in total. The fraction of sp³-hybridized carbons (Fsp3) is 0.556. The molecule has 0 saturated heterocycles. The number of aryl methyl sites for hydroxylation is 1. The molecule has 0 N–H and O–H groups in total. The SMILES string of the molecule is COC(=O)CC(C)Sc1nccn1C. The molecule has 0 amide bonds. The zero-order chi connectivity index (χ0) is 10.6. The summed E-state index contributed by atoms with van der Waals surface area (Å²) in [7, 11) is 3.33. The molecule has 0 aliphatic carbocycles. The Labute approximate surface area is 87.7 Å². The van der Waals surface area contributed by atoms with E-state index < -0.39 is 0 Å². The van der Waals surface area contributed by atoms with Crippen LogP contribution in [-0.4, -0.2) is 27.9 Å². The topological polar surface area (TPSA) is 44.1 Å². The summed E-state index contributed by atoms with van der Waals surface area (Å²) in [5.74, 6) is -0.181. The summed E-state index contributed by atoms with van der Waals surface area (Å²) in [5, 5.41) is 1.10. The minimum Gasteiger partial charge on any atom is -0.469 e. The van der Waals surface area contributed by atoms with Gasteiger partial charge in [-0.25, -0.2) is 4.98 Å². The van der Waals surface area contributed by atoms with Crippen LogP contribution in [-0.2, 0) is 16.6 Å². The van der Waals surface area contributed by atoms with E-state index >= 15 is 0 Å². The Morgan fingerprint density at radius 1 is 1.79 bits per heavy atom. The number of esters is 1. The lowest BCUT2D eigenvalue weighted by Crippen LogP contribution is -2.09. The lowest BCUT2D eigenvalue weighted by Gasteiger charge is -2.08. The molecule has 78 valence electrons. The number of ether oxygens (including phenoxy) is 1. The van der Waals surface area contributed by atoms with Gasteiger partial charge in [0.1, 0.15) is 0 Å². The first kappa shape index (κ1) is 11.1. The zero-order valence-corrected chi connectivity index (χ0v) is 9.37. The summed E-state index contributed by atoms with van der Waals surface area (Å²) in [4.78, 5) is 15.1. The average molecular weight is 214 g/mol. The van der Waals surface area contributed by atoms with Crippen LogP contribution in [0.5, 0.6) is 0 Å². The molecule has 1 atom stereocenters. The molecule has 1 rings (SSSR count). The maximum absolute atomic E-state index is 11.0. The number of rotatable bonds is 4. The van der Waals surface area contributed by atoms with Gasteiger partial charge in [0.05, 0.1) is 13.5 Å². The van der Waals surface area contributed by atoms with Crippen LogP contribution in [0.4, 0.5) is 0 Å². The van der Waals surface area contributed by atoms with E-state index in [9.17, 15) is 4.79 Å². The second-order valence-electron chi connectivity index (χ2n) is 3.03. The van der Waals surface area contributed by atoms with Gasteiger partial charge in [-0.05, 0) is 0 Å². The Hall–Kier alpha value is -0.970. The molecule has 5 heteroatoms. The molecular weight excluding hydrogens is 200 g/mol. The first-order valence-corrected chi connectivity index (χ1v) is 5.22. The summed E-state index contributed by atoms with van der Waals surface area (Å²) in [5.41, 5.74) is 0. The number of hydrogen-bond donors (Lipinski definition) is 0. The number of imidazole rings is 1. The monoisotopic (exact) mass is 214 g/mol. The Morgan fingerprint density at radius 3 is 3.00 bits per heavy atom. The van der Waals surface area contributed by atoms with Crippen molar-refractivity contribution in [1.82, 2.24) is 9.55 Å². The molecule has 1 unspecified atom stereocenters. The van der Waals surface area contributed by atoms with Crippen LogP contribution < -0.4 is 0 Å². The predicted molar refractivity (Wildman–Crippen MR) is 55.2 cm³/mol. The van der Waals surface area contributed by atoms with Gasteiger partial charge < -0.3 is 9.30 Å². The highest BCUT2D eigenvalue weighted by Gasteiger charge is 2.12. The average Bonchev–Trinajstić information content (AvgIpc) is 2.51. The van der Waals surface area contributed by atoms with E-state index in [1.807, 2.05) is 24.7 Å². The van der Waals surface area contributed by atoms with Gasteiger partial charge in [-0.15, -0.1) is 0 Å². The Kier molecular flexibility index (Phi) is 4.00. The van der Waals surface area contributed by atoms with Crippen molar-refractivity contribution in [3.8, 4) is 0 Å². The number of thioether (sulfide) groups is 1. The van der Waals surface area contributed by atoms with Crippen LogP contribution in [0.25, 0.3) is 0 Å². The number of carbonyl (C=O) groups is 1. The van der Waals surface area contributed by atoms with Crippen molar-refractivity contribution in [2.24, 2.45) is 7.05 Å². The van der Waals surface area contributed by atoms with Crippen molar-refractivity contribution in [3.63, 3.8) is 0 Å². The normalized spacial score (nSPS) is 12.5. The maximum Gasteiger partial charge on any atom is 0.306 e. The number of nitrogens with zero attached hydrogens (tertiary/aromatic N) is 2. The standard InChI is InChI=1S/C9H14N2O2S/c1-7(6-8(12)13-3)14-9-10-4-5-11(9)2/h4-5,7H,6H2,1-3H3. The van der Waals surface area contributed by atoms with E-state index in [0.717, 1.165) is 5.16 Å². The highest BCUT2D eigenvalue weighted by atomic mass is 32.2. The number of aromatic nitrogens is 2. The number of methoxy groups -OCH3 is 1. The van der Waals surface area contributed by atoms with Crippen molar-refractivity contribution in [1.29, 1.82) is 0 Å². The summed E-state index contributed by atoms with van der Waals surface area (Å²) < 4.78 is 6.52. The van der Waals surface area contributed by atoms with Crippen molar-refractivity contribution < 1.29 is 9.53 Å². The van der Waals surface area contributed by atoms with Gasteiger partial charge in [0.15, 0.2) is 5.16 Å². The van der Waals surface area contributed by atoms with Crippen molar-refractivity contribution in [2.45, 2.75) is 23.8 Å². The third kappa shape index (κ3) is 3.06. The highest BCUT2D eigenvalue weighted by molar-refractivity contribution is 7.99. The quantitative estimate of drug-likeness (QED) is 0.562. The van der Waals surface area contributed by atoms with Crippen molar-refractivity contribution in [2.75, 3.05) is 7.11 Å². The Bertz CT molecular complexity index is 312. The second-order valence-corrected chi connectivity index (χ2v) is 4.44. The fourth-order valence-electron chi connectivity index (χ4n) is 1.01. The molecule has 0 saturated carbocycles. The summed E-state index contributed by atoms with van der Waals surface area (Å²) in [6.07, 6.45) is 4.04. The third-order valence-corrected chi connectivity index (χ3v) is 2.94. The minimum atomic E-state index is -0.181. The van der Waals surface area contributed by atoms with Gasteiger partial charge in [0, 0.05) is 24.7 Å². The van der Waals surface area contributed by atoms with Gasteiger partial charge >= 0.3 is 5.97 Å². The third-order valence-electron chi connectivity index (χ3n) is 1.77. The molecule has 0 fully saturated rings. The summed E-state index contributed by atoms with van der Waals surface area (Å²) >= 11 is 1.57. The molecule has 1 aromatic rings. The van der Waals surface area contributed by atoms with Crippen LogP contribution in [0.15, 0.2) is 17.6 Å². The highest BCUT2D eigenvalue weighted by Crippen LogP contribution is 2.22. The first-order valence-electron chi connectivity index (χ1n) is 4.34. The number of carbonyl (C=O) groups excluding carboxylic acids is 1. The Balaban J connectivity index is 2.45. The van der Waals surface area contributed by atoms with Gasteiger partial charge in [0.25, 0.3) is 0 Å². The Morgan fingerprint density at radius 2 is 2.50 bits per heavy atom. The molecule has 0 aliphatic heterocycles. The molecule has 0 aliphatic rings. The van der Waals surface area contributed by atoms with Crippen molar-refractivity contribution in [3.05, 3.63) is 12.4 Å². The van der Waals surface area contributed by atoms with Gasteiger partial charge in [-0.2, -0.15) is 0 Å². The number of hydrogen-bond acceptors (Lipinski definition) is 4. The molecule has 14 heavy (non-hydrogen) atoms. The summed E-state index contributed by atoms with van der Waals surface area (Å²) in [6, 6.07) is 0.